The van der Waals surface area contributed by atoms with E-state index in [1.807, 2.05) is 43.8 Å². The molecule has 1 saturated heterocycles. The van der Waals surface area contributed by atoms with Crippen molar-refractivity contribution in [3.8, 4) is 11.3 Å². The number of nitrogens with two attached hydrogens (primary N) is 1. The van der Waals surface area contributed by atoms with Gasteiger partial charge >= 0.3 is 0 Å². The predicted molar refractivity (Wildman–Crippen MR) is 124 cm³/mol. The fourth-order valence-corrected chi connectivity index (χ4v) is 4.23. The van der Waals surface area contributed by atoms with Crippen molar-refractivity contribution in [2.24, 2.45) is 5.73 Å². The van der Waals surface area contributed by atoms with Gasteiger partial charge in [-0.25, -0.2) is 14.1 Å². The summed E-state index contributed by atoms with van der Waals surface area (Å²) in [6.45, 7) is 6.82. The molecule has 1 aliphatic rings. The van der Waals surface area contributed by atoms with Crippen LogP contribution in [-0.4, -0.2) is 69.9 Å². The highest BCUT2D eigenvalue weighted by Crippen LogP contribution is 2.29. The number of amides is 1. The maximum Gasteiger partial charge on any atom is 0.254 e. The molecular weight excluding hydrogens is 407 g/mol. The van der Waals surface area contributed by atoms with Gasteiger partial charge in [-0.2, -0.15) is 5.10 Å². The molecule has 1 atom stereocenters. The van der Waals surface area contributed by atoms with Crippen molar-refractivity contribution in [3.05, 3.63) is 47.7 Å². The average molecular weight is 439 g/mol. The molecule has 170 valence electrons. The van der Waals surface area contributed by atoms with Crippen LogP contribution in [0.5, 0.6) is 0 Å². The summed E-state index contributed by atoms with van der Waals surface area (Å²) in [6, 6.07) is 10.1. The number of hydrogen-bond acceptors (Lipinski definition) is 5. The highest BCUT2D eigenvalue weighted by atomic mass is 19.1. The van der Waals surface area contributed by atoms with Crippen LogP contribution in [0.2, 0.25) is 0 Å². The Morgan fingerprint density at radius 2 is 2.16 bits per heavy atom. The zero-order chi connectivity index (χ0) is 22.8. The molecule has 32 heavy (non-hydrogen) atoms. The normalized spacial score (nSPS) is 16.6. The molecule has 2 N–H and O–H groups in total. The van der Waals surface area contributed by atoms with E-state index in [2.05, 4.69) is 22.1 Å². The maximum atomic E-state index is 13.8. The Labute approximate surface area is 188 Å². The van der Waals surface area contributed by atoms with Crippen LogP contribution in [0, 0.1) is 0 Å². The number of fused-ring (bicyclic) bond motifs is 1. The molecule has 0 bridgehead atoms. The van der Waals surface area contributed by atoms with Crippen molar-refractivity contribution in [3.63, 3.8) is 0 Å². The van der Waals surface area contributed by atoms with E-state index in [0.717, 1.165) is 24.2 Å². The second-order valence-corrected chi connectivity index (χ2v) is 8.84. The summed E-state index contributed by atoms with van der Waals surface area (Å²) in [5.41, 5.74) is 9.65. The molecule has 4 rings (SSSR count). The lowest BCUT2D eigenvalue weighted by Crippen LogP contribution is -2.29. The second-order valence-electron chi connectivity index (χ2n) is 8.84. The van der Waals surface area contributed by atoms with Crippen molar-refractivity contribution < 1.29 is 9.18 Å². The number of carbonyl (C=O) groups excluding carboxylic acids is 1. The number of carbonyl (C=O) groups is 1. The quantitative estimate of drug-likeness (QED) is 0.613. The molecule has 0 saturated carbocycles. The van der Waals surface area contributed by atoms with Crippen LogP contribution in [0.15, 0.2) is 36.5 Å². The largest absolute Gasteiger partial charge is 0.336 e. The summed E-state index contributed by atoms with van der Waals surface area (Å²) in [5, 5.41) is 5.18. The van der Waals surface area contributed by atoms with Crippen molar-refractivity contribution in [1.82, 2.24) is 24.6 Å². The molecule has 0 spiro atoms. The third kappa shape index (κ3) is 4.52. The summed E-state index contributed by atoms with van der Waals surface area (Å²) in [6.07, 6.45) is 1.12. The fraction of sp³-hybridized carbons (Fsp3) is 0.458. The highest BCUT2D eigenvalue weighted by molar-refractivity contribution is 6.06. The Balaban J connectivity index is 1.78. The van der Waals surface area contributed by atoms with Crippen LogP contribution >= 0.6 is 0 Å². The number of benzene rings is 1. The lowest BCUT2D eigenvalue weighted by Gasteiger charge is -2.18. The minimum atomic E-state index is -0.962. The van der Waals surface area contributed by atoms with Crippen molar-refractivity contribution >= 4 is 16.9 Å². The number of rotatable bonds is 7. The van der Waals surface area contributed by atoms with Crippen LogP contribution in [0.25, 0.3) is 22.3 Å². The lowest BCUT2D eigenvalue weighted by atomic mass is 10.0. The summed E-state index contributed by atoms with van der Waals surface area (Å²) < 4.78 is 15.6. The first-order valence-electron chi connectivity index (χ1n) is 11.2. The number of likely N-dealkylation sites (N-methyl/N-ethyl adjacent to an activating group) is 1. The van der Waals surface area contributed by atoms with Crippen LogP contribution < -0.4 is 5.73 Å². The highest BCUT2D eigenvalue weighted by Gasteiger charge is 2.29. The number of aromatic nitrogens is 3. The predicted octanol–water partition coefficient (Wildman–Crippen LogP) is 3.25. The fourth-order valence-electron chi connectivity index (χ4n) is 4.23. The van der Waals surface area contributed by atoms with Crippen LogP contribution in [-0.2, 0) is 6.54 Å². The number of hydrogen-bond donors (Lipinski definition) is 1. The zero-order valence-electron chi connectivity index (χ0n) is 19.0. The molecule has 0 aliphatic carbocycles. The van der Waals surface area contributed by atoms with Crippen molar-refractivity contribution in [1.29, 1.82) is 0 Å². The third-order valence-electron chi connectivity index (χ3n) is 5.89. The van der Waals surface area contributed by atoms with Crippen LogP contribution in [0.4, 0.5) is 4.39 Å². The lowest BCUT2D eigenvalue weighted by molar-refractivity contribution is 0.0784. The Bertz CT molecular complexity index is 1110. The Morgan fingerprint density at radius 3 is 2.84 bits per heavy atom. The number of nitrogens with zero attached hydrogens (tertiary/aromatic N) is 5. The smallest absolute Gasteiger partial charge is 0.254 e. The minimum Gasteiger partial charge on any atom is -0.336 e. The Hall–Kier alpha value is -2.84. The topological polar surface area (TPSA) is 80.3 Å². The van der Waals surface area contributed by atoms with E-state index in [4.69, 9.17) is 10.7 Å². The Morgan fingerprint density at radius 1 is 1.34 bits per heavy atom. The summed E-state index contributed by atoms with van der Waals surface area (Å²) in [7, 11) is 2.04. The number of likely N-dealkylation sites (tertiary alicyclic amines) is 1. The van der Waals surface area contributed by atoms with E-state index in [-0.39, 0.29) is 18.5 Å². The molecule has 1 fully saturated rings. The van der Waals surface area contributed by atoms with Gasteiger partial charge in [-0.1, -0.05) is 18.2 Å². The van der Waals surface area contributed by atoms with Crippen molar-refractivity contribution in [2.75, 3.05) is 33.2 Å². The summed E-state index contributed by atoms with van der Waals surface area (Å²) >= 11 is 0. The van der Waals surface area contributed by atoms with E-state index in [9.17, 15) is 9.18 Å². The van der Waals surface area contributed by atoms with Crippen LogP contribution in [0.1, 0.15) is 42.2 Å². The first-order valence-corrected chi connectivity index (χ1v) is 11.2. The first-order chi connectivity index (χ1) is 15.4. The average Bonchev–Trinajstić information content (AvgIpc) is 3.39. The number of pyridine rings is 1. The van der Waals surface area contributed by atoms with Gasteiger partial charge in [-0.3, -0.25) is 4.79 Å². The molecule has 0 radical (unpaired) electrons. The van der Waals surface area contributed by atoms with Gasteiger partial charge in [0.25, 0.3) is 5.91 Å². The standard InChI is InChI=1S/C24H31FN6O/c1-16(2)31-23-21(13-27-31)20(24(32)30-9-7-19(25)15-30)12-22(28-23)18-6-4-5-17(11-18)14-29(3)10-8-26/h4-6,11-13,16,19H,7-10,14-15,26H2,1-3H3. The molecular formula is C24H31FN6O. The van der Waals surface area contributed by atoms with Gasteiger partial charge in [-0.05, 0) is 45.0 Å². The molecule has 2 aromatic heterocycles. The molecule has 1 unspecified atom stereocenters. The van der Waals surface area contributed by atoms with E-state index >= 15 is 0 Å². The number of halogens is 1. The van der Waals surface area contributed by atoms with Gasteiger partial charge < -0.3 is 15.5 Å². The molecule has 3 heterocycles. The molecule has 3 aromatic rings. The van der Waals surface area contributed by atoms with Gasteiger partial charge in [-0.15, -0.1) is 0 Å². The van der Waals surface area contributed by atoms with Crippen molar-refractivity contribution in [2.45, 2.75) is 39.0 Å². The van der Waals surface area contributed by atoms with Gasteiger partial charge in [0.1, 0.15) is 6.17 Å². The SMILES string of the molecule is CC(C)n1ncc2c(C(=O)N3CCC(F)C3)cc(-c3cccc(CN(C)CCN)c3)nc21. The maximum absolute atomic E-state index is 13.8. The van der Waals surface area contributed by atoms with Gasteiger partial charge in [0.15, 0.2) is 5.65 Å². The molecule has 1 aliphatic heterocycles. The van der Waals surface area contributed by atoms with E-state index in [1.54, 1.807) is 11.1 Å². The molecule has 7 nitrogen and oxygen atoms in total. The first kappa shape index (κ1) is 22.4. The van der Waals surface area contributed by atoms with Crippen LogP contribution in [0.3, 0.4) is 0 Å². The van der Waals surface area contributed by atoms with Gasteiger partial charge in [0.2, 0.25) is 0 Å². The van der Waals surface area contributed by atoms with E-state index < -0.39 is 6.17 Å². The van der Waals surface area contributed by atoms with E-state index in [1.165, 1.54) is 0 Å². The zero-order valence-corrected chi connectivity index (χ0v) is 19.0. The monoisotopic (exact) mass is 438 g/mol. The summed E-state index contributed by atoms with van der Waals surface area (Å²) in [5.74, 6) is -0.166. The molecule has 8 heteroatoms. The van der Waals surface area contributed by atoms with Gasteiger partial charge in [0, 0.05) is 37.8 Å². The third-order valence-corrected chi connectivity index (χ3v) is 5.89. The Kier molecular flexibility index (Phi) is 6.53. The second kappa shape index (κ2) is 9.34. The summed E-state index contributed by atoms with van der Waals surface area (Å²) in [4.78, 5) is 22.0. The molecule has 1 amide bonds. The minimum absolute atomic E-state index is 0.0939. The van der Waals surface area contributed by atoms with Gasteiger partial charge in [0.05, 0.1) is 29.4 Å². The number of alkyl halides is 1. The molecule has 1 aromatic carbocycles. The van der Waals surface area contributed by atoms with E-state index in [0.29, 0.717) is 41.8 Å².